The first-order valence-corrected chi connectivity index (χ1v) is 6.29. The van der Waals surface area contributed by atoms with Crippen molar-refractivity contribution in [3.63, 3.8) is 0 Å². The van der Waals surface area contributed by atoms with E-state index >= 15 is 0 Å². The first-order valence-electron chi connectivity index (χ1n) is 5.41. The first-order chi connectivity index (χ1) is 8.22. The minimum absolute atomic E-state index is 0.147. The molecule has 1 aromatic heterocycles. The van der Waals surface area contributed by atoms with E-state index in [1.165, 1.54) is 0 Å². The average molecular weight is 246 g/mol. The summed E-state index contributed by atoms with van der Waals surface area (Å²) in [6, 6.07) is 9.52. The molecule has 0 aliphatic carbocycles. The zero-order chi connectivity index (χ0) is 12.3. The van der Waals surface area contributed by atoms with Crippen LogP contribution in [0.4, 0.5) is 0 Å². The van der Waals surface area contributed by atoms with E-state index in [1.807, 2.05) is 42.6 Å². The Morgan fingerprint density at radius 1 is 1.29 bits per heavy atom. The van der Waals surface area contributed by atoms with Gasteiger partial charge in [0.15, 0.2) is 5.78 Å². The van der Waals surface area contributed by atoms with E-state index in [2.05, 4.69) is 0 Å². The van der Waals surface area contributed by atoms with Crippen LogP contribution in [0.25, 0.3) is 0 Å². The van der Waals surface area contributed by atoms with Gasteiger partial charge in [-0.2, -0.15) is 0 Å². The number of benzene rings is 1. The Morgan fingerprint density at radius 2 is 2.06 bits per heavy atom. The van der Waals surface area contributed by atoms with Gasteiger partial charge in [0.2, 0.25) is 0 Å². The summed E-state index contributed by atoms with van der Waals surface area (Å²) < 4.78 is 5.24. The Kier molecular flexibility index (Phi) is 3.59. The number of thiophene rings is 1. The number of para-hydroxylation sites is 1. The summed E-state index contributed by atoms with van der Waals surface area (Å²) in [7, 11) is 1.62. The van der Waals surface area contributed by atoms with Gasteiger partial charge in [-0.05, 0) is 24.4 Å². The highest BCUT2D eigenvalue weighted by Gasteiger charge is 2.13. The summed E-state index contributed by atoms with van der Waals surface area (Å²) >= 11 is 1.60. The second kappa shape index (κ2) is 5.15. The lowest BCUT2D eigenvalue weighted by Gasteiger charge is -2.07. The standard InChI is InChI=1S/C14H14O2S/c1-10-12(7-8-17-10)13(15)9-11-5-3-4-6-14(11)16-2/h3-8H,9H2,1-2H3. The van der Waals surface area contributed by atoms with Crippen molar-refractivity contribution in [1.29, 1.82) is 0 Å². The second-order valence-electron chi connectivity index (χ2n) is 3.80. The van der Waals surface area contributed by atoms with Crippen molar-refractivity contribution in [2.75, 3.05) is 7.11 Å². The Hall–Kier alpha value is -1.61. The first kappa shape index (κ1) is 11.9. The fourth-order valence-electron chi connectivity index (χ4n) is 1.79. The maximum atomic E-state index is 12.1. The summed E-state index contributed by atoms with van der Waals surface area (Å²) in [4.78, 5) is 13.2. The Bertz CT molecular complexity index is 529. The number of carbonyl (C=O) groups excluding carboxylic acids is 1. The quantitative estimate of drug-likeness (QED) is 0.772. The van der Waals surface area contributed by atoms with Gasteiger partial charge in [0.1, 0.15) is 5.75 Å². The molecule has 0 fully saturated rings. The van der Waals surface area contributed by atoms with Crippen LogP contribution in [-0.2, 0) is 6.42 Å². The lowest BCUT2D eigenvalue weighted by atomic mass is 10.0. The van der Waals surface area contributed by atoms with Gasteiger partial charge in [-0.25, -0.2) is 0 Å². The van der Waals surface area contributed by atoms with Crippen molar-refractivity contribution >= 4 is 17.1 Å². The third-order valence-electron chi connectivity index (χ3n) is 2.70. The van der Waals surface area contributed by atoms with Gasteiger partial charge in [-0.1, -0.05) is 18.2 Å². The second-order valence-corrected chi connectivity index (χ2v) is 4.92. The Morgan fingerprint density at radius 3 is 2.71 bits per heavy atom. The topological polar surface area (TPSA) is 26.3 Å². The number of rotatable bonds is 4. The summed E-state index contributed by atoms with van der Waals surface area (Å²) in [6.45, 7) is 1.97. The van der Waals surface area contributed by atoms with Crippen LogP contribution in [0.15, 0.2) is 35.7 Å². The van der Waals surface area contributed by atoms with E-state index in [9.17, 15) is 4.79 Å². The van der Waals surface area contributed by atoms with E-state index in [1.54, 1.807) is 18.4 Å². The molecule has 3 heteroatoms. The molecule has 0 N–H and O–H groups in total. The van der Waals surface area contributed by atoms with Crippen LogP contribution >= 0.6 is 11.3 Å². The van der Waals surface area contributed by atoms with Crippen molar-refractivity contribution in [1.82, 2.24) is 0 Å². The molecular weight excluding hydrogens is 232 g/mol. The molecule has 0 aliphatic heterocycles. The summed E-state index contributed by atoms with van der Waals surface area (Å²) in [5.41, 5.74) is 1.76. The highest BCUT2D eigenvalue weighted by atomic mass is 32.1. The Balaban J connectivity index is 2.22. The van der Waals surface area contributed by atoms with Crippen LogP contribution in [0.5, 0.6) is 5.75 Å². The van der Waals surface area contributed by atoms with Crippen molar-refractivity contribution < 1.29 is 9.53 Å². The third kappa shape index (κ3) is 2.56. The minimum atomic E-state index is 0.147. The fraction of sp³-hybridized carbons (Fsp3) is 0.214. The number of methoxy groups -OCH3 is 1. The number of hydrogen-bond acceptors (Lipinski definition) is 3. The zero-order valence-electron chi connectivity index (χ0n) is 9.90. The molecule has 0 atom stereocenters. The summed E-state index contributed by atoms with van der Waals surface area (Å²) in [6.07, 6.45) is 0.390. The summed E-state index contributed by atoms with van der Waals surface area (Å²) in [5.74, 6) is 0.919. The van der Waals surface area contributed by atoms with Gasteiger partial charge in [-0.15, -0.1) is 11.3 Å². The van der Waals surface area contributed by atoms with Crippen LogP contribution < -0.4 is 4.74 Å². The van der Waals surface area contributed by atoms with Gasteiger partial charge in [0.05, 0.1) is 7.11 Å². The predicted molar refractivity (Wildman–Crippen MR) is 70.1 cm³/mol. The molecule has 1 heterocycles. The molecule has 17 heavy (non-hydrogen) atoms. The monoisotopic (exact) mass is 246 g/mol. The minimum Gasteiger partial charge on any atom is -0.496 e. The van der Waals surface area contributed by atoms with Crippen molar-refractivity contribution in [3.8, 4) is 5.75 Å². The highest BCUT2D eigenvalue weighted by Crippen LogP contribution is 2.22. The Labute approximate surface area is 105 Å². The van der Waals surface area contributed by atoms with Crippen LogP contribution in [-0.4, -0.2) is 12.9 Å². The van der Waals surface area contributed by atoms with Gasteiger partial charge < -0.3 is 4.74 Å². The molecule has 1 aromatic carbocycles. The van der Waals surface area contributed by atoms with E-state index in [4.69, 9.17) is 4.74 Å². The highest BCUT2D eigenvalue weighted by molar-refractivity contribution is 7.10. The molecule has 0 unspecified atom stereocenters. The smallest absolute Gasteiger partial charge is 0.168 e. The van der Waals surface area contributed by atoms with E-state index < -0.39 is 0 Å². The van der Waals surface area contributed by atoms with E-state index in [-0.39, 0.29) is 5.78 Å². The van der Waals surface area contributed by atoms with Gasteiger partial charge in [0.25, 0.3) is 0 Å². The maximum Gasteiger partial charge on any atom is 0.168 e. The number of ketones is 1. The van der Waals surface area contributed by atoms with Gasteiger partial charge in [-0.3, -0.25) is 4.79 Å². The number of ether oxygens (including phenoxy) is 1. The largest absolute Gasteiger partial charge is 0.496 e. The maximum absolute atomic E-state index is 12.1. The number of aryl methyl sites for hydroxylation is 1. The molecule has 2 nitrogen and oxygen atoms in total. The van der Waals surface area contributed by atoms with Gasteiger partial charge in [0, 0.05) is 22.4 Å². The van der Waals surface area contributed by atoms with Crippen LogP contribution in [0.2, 0.25) is 0 Å². The summed E-state index contributed by atoms with van der Waals surface area (Å²) in [5, 5.41) is 1.95. The molecule has 2 rings (SSSR count). The molecule has 0 radical (unpaired) electrons. The van der Waals surface area contributed by atoms with Gasteiger partial charge >= 0.3 is 0 Å². The molecule has 88 valence electrons. The van der Waals surface area contributed by atoms with Crippen LogP contribution in [0, 0.1) is 6.92 Å². The molecule has 2 aromatic rings. The molecule has 0 amide bonds. The molecule has 0 bridgehead atoms. The van der Waals surface area contributed by atoms with Crippen molar-refractivity contribution in [2.45, 2.75) is 13.3 Å². The zero-order valence-corrected chi connectivity index (χ0v) is 10.7. The predicted octanol–water partition coefficient (Wildman–Crippen LogP) is 3.49. The average Bonchev–Trinajstić information content (AvgIpc) is 2.76. The lowest BCUT2D eigenvalue weighted by molar-refractivity contribution is 0.0992. The number of carbonyl (C=O) groups is 1. The molecular formula is C14H14O2S. The number of hydrogen-bond donors (Lipinski definition) is 0. The SMILES string of the molecule is COc1ccccc1CC(=O)c1ccsc1C. The third-order valence-corrected chi connectivity index (χ3v) is 3.55. The van der Waals surface area contributed by atoms with Crippen LogP contribution in [0.3, 0.4) is 0 Å². The lowest BCUT2D eigenvalue weighted by Crippen LogP contribution is -2.04. The molecule has 0 saturated carbocycles. The molecule has 0 saturated heterocycles. The van der Waals surface area contributed by atoms with E-state index in [0.717, 1.165) is 21.8 Å². The van der Waals surface area contributed by atoms with Crippen LogP contribution in [0.1, 0.15) is 20.8 Å². The number of Topliss-reactive ketones (excluding diaryl/α,β-unsaturated/α-hetero) is 1. The fourth-order valence-corrected chi connectivity index (χ4v) is 2.51. The van der Waals surface area contributed by atoms with Crippen molar-refractivity contribution in [3.05, 3.63) is 51.7 Å². The van der Waals surface area contributed by atoms with Crippen molar-refractivity contribution in [2.24, 2.45) is 0 Å². The normalized spacial score (nSPS) is 10.2. The van der Waals surface area contributed by atoms with E-state index in [0.29, 0.717) is 6.42 Å². The molecule has 0 spiro atoms. The molecule has 0 aliphatic rings.